The lowest BCUT2D eigenvalue weighted by atomic mass is 10.3. The van der Waals surface area contributed by atoms with Crippen molar-refractivity contribution in [2.75, 3.05) is 12.3 Å². The molecule has 0 amide bonds. The molecule has 0 aliphatic carbocycles. The van der Waals surface area contributed by atoms with Crippen LogP contribution in [0.25, 0.3) is 0 Å². The average molecular weight is 298 g/mol. The Labute approximate surface area is 116 Å². The van der Waals surface area contributed by atoms with Gasteiger partial charge in [0, 0.05) is 37.6 Å². The molecule has 8 heteroatoms. The third kappa shape index (κ3) is 3.14. The Bertz CT molecular complexity index is 712. The van der Waals surface area contributed by atoms with E-state index >= 15 is 0 Å². The molecule has 1 heterocycles. The third-order valence-corrected chi connectivity index (χ3v) is 4.34. The molecule has 0 unspecified atom stereocenters. The molecule has 3 N–H and O–H groups in total. The first-order valence-electron chi connectivity index (χ1n) is 5.92. The first-order valence-corrected chi connectivity index (χ1v) is 7.40. The summed E-state index contributed by atoms with van der Waals surface area (Å²) in [6.45, 7) is 0.158. The van der Waals surface area contributed by atoms with E-state index in [0.29, 0.717) is 6.42 Å². The van der Waals surface area contributed by atoms with E-state index in [4.69, 9.17) is 5.73 Å². The van der Waals surface area contributed by atoms with Crippen LogP contribution in [0.1, 0.15) is 5.69 Å². The number of nitrogens with one attached hydrogen (secondary N) is 1. The van der Waals surface area contributed by atoms with Crippen molar-refractivity contribution in [3.63, 3.8) is 0 Å². The van der Waals surface area contributed by atoms with E-state index in [9.17, 15) is 12.8 Å². The Kier molecular flexibility index (Phi) is 4.05. The Morgan fingerprint density at radius 1 is 1.40 bits per heavy atom. The van der Waals surface area contributed by atoms with Gasteiger partial charge in [0.25, 0.3) is 0 Å². The van der Waals surface area contributed by atoms with E-state index in [1.54, 1.807) is 24.0 Å². The van der Waals surface area contributed by atoms with Crippen molar-refractivity contribution in [2.45, 2.75) is 11.3 Å². The van der Waals surface area contributed by atoms with Gasteiger partial charge >= 0.3 is 0 Å². The molecule has 20 heavy (non-hydrogen) atoms. The number of sulfonamides is 1. The first kappa shape index (κ1) is 14.5. The second-order valence-electron chi connectivity index (χ2n) is 4.28. The summed E-state index contributed by atoms with van der Waals surface area (Å²) >= 11 is 0. The minimum Gasteiger partial charge on any atom is -0.399 e. The summed E-state index contributed by atoms with van der Waals surface area (Å²) in [6.07, 6.45) is 2.09. The molecule has 6 nitrogen and oxygen atoms in total. The van der Waals surface area contributed by atoms with Crippen LogP contribution in [0, 0.1) is 5.82 Å². The normalized spacial score (nSPS) is 11.7. The number of nitrogen functional groups attached to an aromatic ring is 1. The molecule has 0 spiro atoms. The van der Waals surface area contributed by atoms with Crippen LogP contribution in [0.3, 0.4) is 0 Å². The molecule has 0 atom stereocenters. The van der Waals surface area contributed by atoms with Crippen LogP contribution >= 0.6 is 0 Å². The zero-order valence-corrected chi connectivity index (χ0v) is 11.7. The molecule has 0 saturated heterocycles. The lowest BCUT2D eigenvalue weighted by Gasteiger charge is -2.08. The van der Waals surface area contributed by atoms with Gasteiger partial charge in [0.2, 0.25) is 10.0 Å². The highest BCUT2D eigenvalue weighted by atomic mass is 32.2. The van der Waals surface area contributed by atoms with Gasteiger partial charge in [0.1, 0.15) is 10.7 Å². The van der Waals surface area contributed by atoms with Crippen molar-refractivity contribution in [3.8, 4) is 0 Å². The predicted octanol–water partition coefficient (Wildman–Crippen LogP) is 0.662. The maximum absolute atomic E-state index is 13.6. The molecule has 0 aliphatic rings. The highest BCUT2D eigenvalue weighted by molar-refractivity contribution is 7.89. The number of aromatic nitrogens is 2. The standard InChI is InChI=1S/C12H15FN4O2S/c1-17-10(4-6-15-17)5-7-16-20(18,19)12-3-2-9(14)8-11(12)13/h2-4,6,8,16H,5,7,14H2,1H3. The van der Waals surface area contributed by atoms with E-state index in [1.807, 2.05) is 0 Å². The molecule has 0 saturated carbocycles. The lowest BCUT2D eigenvalue weighted by Crippen LogP contribution is -2.27. The van der Waals surface area contributed by atoms with Gasteiger partial charge in [-0.1, -0.05) is 0 Å². The van der Waals surface area contributed by atoms with Gasteiger partial charge in [-0.3, -0.25) is 4.68 Å². The second-order valence-corrected chi connectivity index (χ2v) is 6.02. The topological polar surface area (TPSA) is 90.0 Å². The fourth-order valence-corrected chi connectivity index (χ4v) is 2.86. The molecule has 108 valence electrons. The number of benzene rings is 1. The maximum atomic E-state index is 13.6. The van der Waals surface area contributed by atoms with Crippen molar-refractivity contribution in [1.82, 2.24) is 14.5 Å². The summed E-state index contributed by atoms with van der Waals surface area (Å²) in [6, 6.07) is 5.27. The SMILES string of the molecule is Cn1nccc1CCNS(=O)(=O)c1ccc(N)cc1F. The zero-order chi connectivity index (χ0) is 14.8. The largest absolute Gasteiger partial charge is 0.399 e. The van der Waals surface area contributed by atoms with Crippen LogP contribution in [0.15, 0.2) is 35.4 Å². The zero-order valence-electron chi connectivity index (χ0n) is 10.9. The van der Waals surface area contributed by atoms with Gasteiger partial charge < -0.3 is 5.73 Å². The summed E-state index contributed by atoms with van der Waals surface area (Å²) in [4.78, 5) is -0.406. The van der Waals surface area contributed by atoms with Crippen LogP contribution in [0.4, 0.5) is 10.1 Å². The molecule has 1 aromatic carbocycles. The summed E-state index contributed by atoms with van der Waals surface area (Å²) in [5.41, 5.74) is 6.44. The Balaban J connectivity index is 2.06. The van der Waals surface area contributed by atoms with Crippen molar-refractivity contribution in [1.29, 1.82) is 0 Å². The van der Waals surface area contributed by atoms with Crippen molar-refractivity contribution in [2.24, 2.45) is 7.05 Å². The Morgan fingerprint density at radius 3 is 2.75 bits per heavy atom. The van der Waals surface area contributed by atoms with Gasteiger partial charge in [-0.05, 0) is 24.3 Å². The van der Waals surface area contributed by atoms with Crippen LogP contribution < -0.4 is 10.5 Å². The van der Waals surface area contributed by atoms with Crippen LogP contribution in [0.5, 0.6) is 0 Å². The molecule has 0 radical (unpaired) electrons. The molecule has 0 fully saturated rings. The molecular formula is C12H15FN4O2S. The molecule has 0 bridgehead atoms. The van der Waals surface area contributed by atoms with Gasteiger partial charge in [-0.15, -0.1) is 0 Å². The number of hydrogen-bond donors (Lipinski definition) is 2. The third-order valence-electron chi connectivity index (χ3n) is 2.84. The van der Waals surface area contributed by atoms with Crippen molar-refractivity contribution >= 4 is 15.7 Å². The van der Waals surface area contributed by atoms with Crippen molar-refractivity contribution < 1.29 is 12.8 Å². The van der Waals surface area contributed by atoms with Crippen LogP contribution in [0.2, 0.25) is 0 Å². The summed E-state index contributed by atoms with van der Waals surface area (Å²) in [7, 11) is -2.12. The Morgan fingerprint density at radius 2 is 2.15 bits per heavy atom. The Hall–Kier alpha value is -1.93. The fraction of sp³-hybridized carbons (Fsp3) is 0.250. The number of rotatable bonds is 5. The molecular weight excluding hydrogens is 283 g/mol. The summed E-state index contributed by atoms with van der Waals surface area (Å²) in [5, 5.41) is 3.98. The fourth-order valence-electron chi connectivity index (χ4n) is 1.77. The number of anilines is 1. The minimum atomic E-state index is -3.88. The molecule has 2 rings (SSSR count). The highest BCUT2D eigenvalue weighted by Gasteiger charge is 2.18. The number of halogens is 1. The van der Waals surface area contributed by atoms with E-state index < -0.39 is 20.7 Å². The highest BCUT2D eigenvalue weighted by Crippen LogP contribution is 2.16. The average Bonchev–Trinajstić information content (AvgIpc) is 2.74. The van der Waals surface area contributed by atoms with Gasteiger partial charge in [-0.25, -0.2) is 17.5 Å². The van der Waals surface area contributed by atoms with Gasteiger partial charge in [-0.2, -0.15) is 5.10 Å². The molecule has 1 aromatic heterocycles. The number of aryl methyl sites for hydroxylation is 1. The lowest BCUT2D eigenvalue weighted by molar-refractivity contribution is 0.556. The van der Waals surface area contributed by atoms with E-state index in [1.165, 1.54) is 6.07 Å². The van der Waals surface area contributed by atoms with E-state index in [0.717, 1.165) is 17.8 Å². The quantitative estimate of drug-likeness (QED) is 0.794. The minimum absolute atomic E-state index is 0.158. The second kappa shape index (κ2) is 5.59. The van der Waals surface area contributed by atoms with Crippen molar-refractivity contribution in [3.05, 3.63) is 42.0 Å². The smallest absolute Gasteiger partial charge is 0.243 e. The summed E-state index contributed by atoms with van der Waals surface area (Å²) in [5.74, 6) is -0.863. The van der Waals surface area contributed by atoms with Crippen LogP contribution in [-0.2, 0) is 23.5 Å². The first-order chi connectivity index (χ1) is 9.40. The van der Waals surface area contributed by atoms with Gasteiger partial charge in [0.15, 0.2) is 0 Å². The van der Waals surface area contributed by atoms with E-state index in [2.05, 4.69) is 9.82 Å². The van der Waals surface area contributed by atoms with E-state index in [-0.39, 0.29) is 12.2 Å². The molecule has 2 aromatic rings. The number of nitrogens with zero attached hydrogens (tertiary/aromatic N) is 2. The van der Waals surface area contributed by atoms with Gasteiger partial charge in [0.05, 0.1) is 0 Å². The van der Waals surface area contributed by atoms with Crippen LogP contribution in [-0.4, -0.2) is 24.7 Å². The maximum Gasteiger partial charge on any atom is 0.243 e. The number of hydrogen-bond acceptors (Lipinski definition) is 4. The molecule has 0 aliphatic heterocycles. The number of nitrogens with two attached hydrogens (primary N) is 1. The summed E-state index contributed by atoms with van der Waals surface area (Å²) < 4.78 is 41.5. The predicted molar refractivity (Wildman–Crippen MR) is 72.9 cm³/mol. The monoisotopic (exact) mass is 298 g/mol.